The number of amides is 2. The van der Waals surface area contributed by atoms with Crippen molar-refractivity contribution in [2.45, 2.75) is 31.8 Å². The van der Waals surface area contributed by atoms with Crippen LogP contribution in [0, 0.1) is 11.6 Å². The molecule has 1 aromatic carbocycles. The summed E-state index contributed by atoms with van der Waals surface area (Å²) in [6, 6.07) is 0.751. The molecule has 0 heterocycles. The minimum Gasteiger partial charge on any atom is -0.396 e. The van der Waals surface area contributed by atoms with Crippen LogP contribution < -0.4 is 10.6 Å². The number of aliphatic hydroxyl groups excluding tert-OH is 1. The van der Waals surface area contributed by atoms with Crippen molar-refractivity contribution in [2.75, 3.05) is 18.5 Å². The Morgan fingerprint density at radius 3 is 2.68 bits per heavy atom. The summed E-state index contributed by atoms with van der Waals surface area (Å²) in [7, 11) is 0. The summed E-state index contributed by atoms with van der Waals surface area (Å²) >= 11 is 5.63. The van der Waals surface area contributed by atoms with E-state index in [2.05, 4.69) is 10.6 Å². The molecular formula is C14H19ClF2N2O3. The van der Waals surface area contributed by atoms with Crippen LogP contribution in [0.15, 0.2) is 12.1 Å². The zero-order valence-electron chi connectivity index (χ0n) is 12.1. The second-order valence-electron chi connectivity index (χ2n) is 4.96. The van der Waals surface area contributed by atoms with Gasteiger partial charge in [-0.15, -0.1) is 0 Å². The zero-order chi connectivity index (χ0) is 16.8. The van der Waals surface area contributed by atoms with Crippen LogP contribution in [0.25, 0.3) is 0 Å². The molecule has 0 aromatic heterocycles. The average Bonchev–Trinajstić information content (AvgIpc) is 2.48. The molecule has 1 unspecified atom stereocenters. The van der Waals surface area contributed by atoms with E-state index in [4.69, 9.17) is 16.7 Å². The summed E-state index contributed by atoms with van der Waals surface area (Å²) in [4.78, 5) is 11.7. The molecule has 0 bridgehead atoms. The van der Waals surface area contributed by atoms with Gasteiger partial charge in [-0.3, -0.25) is 0 Å². The highest BCUT2D eigenvalue weighted by atomic mass is 35.5. The predicted molar refractivity (Wildman–Crippen MR) is 80.0 cm³/mol. The van der Waals surface area contributed by atoms with Crippen LogP contribution in [0.1, 0.15) is 26.2 Å². The lowest BCUT2D eigenvalue weighted by Crippen LogP contribution is -2.44. The van der Waals surface area contributed by atoms with Crippen LogP contribution in [0.3, 0.4) is 0 Å². The average molecular weight is 337 g/mol. The van der Waals surface area contributed by atoms with E-state index in [1.54, 1.807) is 6.92 Å². The van der Waals surface area contributed by atoms with E-state index >= 15 is 0 Å². The normalized spacial score (nSPS) is 13.5. The Morgan fingerprint density at radius 1 is 1.41 bits per heavy atom. The summed E-state index contributed by atoms with van der Waals surface area (Å²) < 4.78 is 26.3. The van der Waals surface area contributed by atoms with Gasteiger partial charge in [-0.25, -0.2) is 13.6 Å². The molecule has 8 heteroatoms. The number of halogens is 3. The van der Waals surface area contributed by atoms with E-state index in [0.29, 0.717) is 25.3 Å². The molecule has 1 rings (SSSR count). The molecule has 0 fully saturated rings. The summed E-state index contributed by atoms with van der Waals surface area (Å²) in [6.07, 6.45) is 1.09. The van der Waals surface area contributed by atoms with Crippen molar-refractivity contribution in [2.24, 2.45) is 0 Å². The van der Waals surface area contributed by atoms with Crippen molar-refractivity contribution in [3.05, 3.63) is 28.8 Å². The van der Waals surface area contributed by atoms with Crippen molar-refractivity contribution in [1.82, 2.24) is 5.32 Å². The number of nitrogens with one attached hydrogen (secondary N) is 2. The first-order valence-corrected chi connectivity index (χ1v) is 7.21. The number of carbonyl (C=O) groups is 1. The third kappa shape index (κ3) is 5.40. The third-order valence-electron chi connectivity index (χ3n) is 3.28. The van der Waals surface area contributed by atoms with E-state index in [0.717, 1.165) is 6.07 Å². The number of hydrogen-bond donors (Lipinski definition) is 4. The lowest BCUT2D eigenvalue weighted by Gasteiger charge is -2.26. The number of carbonyl (C=O) groups excluding carboxylic acids is 1. The molecule has 1 aromatic rings. The van der Waals surface area contributed by atoms with Gasteiger partial charge in [-0.1, -0.05) is 18.5 Å². The minimum atomic E-state index is -1.16. The quantitative estimate of drug-likeness (QED) is 0.578. The highest BCUT2D eigenvalue weighted by molar-refractivity contribution is 6.33. The first kappa shape index (κ1) is 18.6. The summed E-state index contributed by atoms with van der Waals surface area (Å²) in [5, 5.41) is 23.2. The van der Waals surface area contributed by atoms with Gasteiger partial charge >= 0.3 is 6.03 Å². The number of aliphatic hydroxyl groups is 2. The van der Waals surface area contributed by atoms with Crippen LogP contribution in [0.5, 0.6) is 0 Å². The summed E-state index contributed by atoms with van der Waals surface area (Å²) in [5.41, 5.74) is -1.36. The Morgan fingerprint density at radius 2 is 2.09 bits per heavy atom. The van der Waals surface area contributed by atoms with Crippen molar-refractivity contribution < 1.29 is 23.8 Å². The van der Waals surface area contributed by atoms with E-state index in [-0.39, 0.29) is 18.8 Å². The lowest BCUT2D eigenvalue weighted by molar-refractivity contribution is 0.0243. The maximum absolute atomic E-state index is 13.3. The van der Waals surface area contributed by atoms with E-state index in [9.17, 15) is 18.7 Å². The van der Waals surface area contributed by atoms with Crippen LogP contribution in [-0.2, 0) is 0 Å². The fourth-order valence-corrected chi connectivity index (χ4v) is 2.01. The van der Waals surface area contributed by atoms with Crippen LogP contribution in [0.2, 0.25) is 5.02 Å². The minimum absolute atomic E-state index is 0.0628. The molecule has 2 amide bonds. The fourth-order valence-electron chi connectivity index (χ4n) is 1.86. The highest BCUT2D eigenvalue weighted by Crippen LogP contribution is 2.26. The molecule has 124 valence electrons. The molecule has 4 N–H and O–H groups in total. The predicted octanol–water partition coefficient (Wildman–Crippen LogP) is 2.65. The molecule has 0 aliphatic heterocycles. The van der Waals surface area contributed by atoms with E-state index < -0.39 is 28.3 Å². The third-order valence-corrected chi connectivity index (χ3v) is 3.66. The van der Waals surface area contributed by atoms with Crippen molar-refractivity contribution in [1.29, 1.82) is 0 Å². The topological polar surface area (TPSA) is 81.6 Å². The molecule has 0 saturated heterocycles. The Labute approximate surface area is 132 Å². The van der Waals surface area contributed by atoms with Crippen molar-refractivity contribution in [3.63, 3.8) is 0 Å². The molecule has 0 radical (unpaired) electrons. The SMILES string of the molecule is CCC(O)(CCCO)CNC(=O)Nc1cc(F)cc(F)c1Cl. The van der Waals surface area contributed by atoms with Gasteiger partial charge < -0.3 is 20.8 Å². The monoisotopic (exact) mass is 336 g/mol. The number of anilines is 1. The number of hydrogen-bond acceptors (Lipinski definition) is 3. The molecule has 22 heavy (non-hydrogen) atoms. The second kappa shape index (κ2) is 8.26. The molecule has 0 aliphatic rings. The summed E-state index contributed by atoms with van der Waals surface area (Å²) in [5.74, 6) is -1.85. The van der Waals surface area contributed by atoms with Gasteiger partial charge in [0.15, 0.2) is 0 Å². The number of rotatable bonds is 7. The first-order valence-electron chi connectivity index (χ1n) is 6.84. The standard InChI is InChI=1S/C14H19ClF2N2O3/c1-2-14(22,4-3-5-20)8-18-13(21)19-11-7-9(16)6-10(17)12(11)15/h6-7,20,22H,2-5,8H2,1H3,(H2,18,19,21). The molecule has 0 aliphatic carbocycles. The van der Waals surface area contributed by atoms with Gasteiger partial charge in [0, 0.05) is 19.2 Å². The van der Waals surface area contributed by atoms with Gasteiger partial charge in [0.1, 0.15) is 16.7 Å². The Bertz CT molecular complexity index is 531. The van der Waals surface area contributed by atoms with E-state index in [1.165, 1.54) is 0 Å². The van der Waals surface area contributed by atoms with Gasteiger partial charge in [0.25, 0.3) is 0 Å². The largest absolute Gasteiger partial charge is 0.396 e. The Hall–Kier alpha value is -1.44. The van der Waals surface area contributed by atoms with Crippen LogP contribution in [0.4, 0.5) is 19.3 Å². The molecular weight excluding hydrogens is 318 g/mol. The molecule has 0 saturated carbocycles. The molecule has 1 atom stereocenters. The fraction of sp³-hybridized carbons (Fsp3) is 0.500. The second-order valence-corrected chi connectivity index (χ2v) is 5.34. The van der Waals surface area contributed by atoms with Gasteiger partial charge in [0.05, 0.1) is 11.3 Å². The Balaban J connectivity index is 2.63. The van der Waals surface area contributed by atoms with Crippen LogP contribution in [-0.4, -0.2) is 35.0 Å². The maximum atomic E-state index is 13.3. The van der Waals surface area contributed by atoms with Crippen molar-refractivity contribution >= 4 is 23.3 Å². The molecule has 0 spiro atoms. The zero-order valence-corrected chi connectivity index (χ0v) is 12.9. The lowest BCUT2D eigenvalue weighted by atomic mass is 9.95. The first-order chi connectivity index (χ1) is 10.3. The van der Waals surface area contributed by atoms with Crippen molar-refractivity contribution in [3.8, 4) is 0 Å². The smallest absolute Gasteiger partial charge is 0.319 e. The van der Waals surface area contributed by atoms with Gasteiger partial charge in [0.2, 0.25) is 0 Å². The van der Waals surface area contributed by atoms with Gasteiger partial charge in [-0.2, -0.15) is 0 Å². The summed E-state index contributed by atoms with van der Waals surface area (Å²) in [6.45, 7) is 1.62. The van der Waals surface area contributed by atoms with Crippen LogP contribution >= 0.6 is 11.6 Å². The number of benzene rings is 1. The number of urea groups is 1. The Kier molecular flexibility index (Phi) is 6.99. The maximum Gasteiger partial charge on any atom is 0.319 e. The van der Waals surface area contributed by atoms with Gasteiger partial charge in [-0.05, 0) is 25.3 Å². The highest BCUT2D eigenvalue weighted by Gasteiger charge is 2.25. The molecule has 5 nitrogen and oxygen atoms in total. The van der Waals surface area contributed by atoms with E-state index in [1.807, 2.05) is 0 Å².